The van der Waals surface area contributed by atoms with Crippen molar-refractivity contribution in [2.45, 2.75) is 39.0 Å². The number of carbonyl (C=O) groups excluding carboxylic acids is 1. The second-order valence-electron chi connectivity index (χ2n) is 7.73. The molecule has 0 bridgehead atoms. The van der Waals surface area contributed by atoms with Crippen LogP contribution in [0.3, 0.4) is 0 Å². The van der Waals surface area contributed by atoms with Gasteiger partial charge in [0.1, 0.15) is 0 Å². The number of thioether (sulfide) groups is 1. The van der Waals surface area contributed by atoms with Crippen LogP contribution in [0.2, 0.25) is 0 Å². The van der Waals surface area contributed by atoms with Crippen molar-refractivity contribution in [1.29, 1.82) is 0 Å². The molecule has 4 atom stereocenters. The summed E-state index contributed by atoms with van der Waals surface area (Å²) in [7, 11) is 0. The van der Waals surface area contributed by atoms with Crippen LogP contribution in [0.4, 0.5) is 10.5 Å². The van der Waals surface area contributed by atoms with Gasteiger partial charge in [0.25, 0.3) is 0 Å². The lowest BCUT2D eigenvalue weighted by Crippen LogP contribution is -2.38. The normalized spacial score (nSPS) is 23.0. The maximum atomic E-state index is 11.9. The first-order valence-electron chi connectivity index (χ1n) is 10.9. The van der Waals surface area contributed by atoms with Crippen molar-refractivity contribution in [3.8, 4) is 0 Å². The first-order valence-corrected chi connectivity index (χ1v) is 12.0. The van der Waals surface area contributed by atoms with Crippen molar-refractivity contribution in [2.75, 3.05) is 30.0 Å². The molecule has 1 aliphatic rings. The fourth-order valence-corrected chi connectivity index (χ4v) is 4.58. The van der Waals surface area contributed by atoms with E-state index in [4.69, 9.17) is 14.6 Å². The molecule has 4 N–H and O–H groups in total. The third-order valence-corrected chi connectivity index (χ3v) is 6.43. The number of nitrogens with one attached hydrogen (secondary N) is 2. The van der Waals surface area contributed by atoms with E-state index in [2.05, 4.69) is 17.6 Å². The highest BCUT2D eigenvalue weighted by Gasteiger charge is 2.38. The second-order valence-corrected chi connectivity index (χ2v) is 8.88. The second kappa shape index (κ2) is 12.2. The average Bonchev–Trinajstić information content (AvgIpc) is 2.80. The Morgan fingerprint density at radius 3 is 2.56 bits per heavy atom. The highest BCUT2D eigenvalue weighted by atomic mass is 32.2. The van der Waals surface area contributed by atoms with E-state index in [0.29, 0.717) is 18.0 Å². The van der Waals surface area contributed by atoms with Crippen molar-refractivity contribution in [3.63, 3.8) is 0 Å². The molecule has 0 spiro atoms. The summed E-state index contributed by atoms with van der Waals surface area (Å²) in [6.07, 6.45) is -0.863. The minimum absolute atomic E-state index is 0.00107. The minimum Gasteiger partial charge on any atom is -0.396 e. The summed E-state index contributed by atoms with van der Waals surface area (Å²) >= 11 is 1.65. The van der Waals surface area contributed by atoms with Crippen molar-refractivity contribution in [1.82, 2.24) is 5.32 Å². The molecule has 32 heavy (non-hydrogen) atoms. The molecule has 2 amide bonds. The lowest BCUT2D eigenvalue weighted by Gasteiger charge is -2.41. The van der Waals surface area contributed by atoms with E-state index >= 15 is 0 Å². The summed E-state index contributed by atoms with van der Waals surface area (Å²) in [4.78, 5) is 11.9. The molecule has 0 radical (unpaired) electrons. The zero-order valence-corrected chi connectivity index (χ0v) is 19.3. The van der Waals surface area contributed by atoms with Gasteiger partial charge in [-0.15, -0.1) is 0 Å². The third kappa shape index (κ3) is 6.46. The predicted molar refractivity (Wildman–Crippen MR) is 127 cm³/mol. The van der Waals surface area contributed by atoms with E-state index in [1.807, 2.05) is 55.5 Å². The summed E-state index contributed by atoms with van der Waals surface area (Å²) in [6.45, 7) is 4.65. The number of carbonyl (C=O) groups is 1. The predicted octanol–water partition coefficient (Wildman–Crippen LogP) is 3.84. The molecule has 174 valence electrons. The summed E-state index contributed by atoms with van der Waals surface area (Å²) in [5.74, 6) is 1.48. The van der Waals surface area contributed by atoms with Crippen LogP contribution in [-0.2, 0) is 16.1 Å². The summed E-state index contributed by atoms with van der Waals surface area (Å²) in [5.41, 5.74) is 3.36. The van der Waals surface area contributed by atoms with E-state index in [-0.39, 0.29) is 37.4 Å². The van der Waals surface area contributed by atoms with E-state index < -0.39 is 6.29 Å². The van der Waals surface area contributed by atoms with Crippen LogP contribution in [-0.4, -0.2) is 47.0 Å². The Labute approximate surface area is 193 Å². The van der Waals surface area contributed by atoms with E-state index in [0.717, 1.165) is 22.4 Å². The number of ether oxygens (including phenoxy) is 2. The Morgan fingerprint density at radius 2 is 1.88 bits per heavy atom. The molecule has 1 fully saturated rings. The molecular weight excluding hydrogens is 428 g/mol. The molecule has 7 nitrogen and oxygen atoms in total. The Morgan fingerprint density at radius 1 is 1.09 bits per heavy atom. The first kappa shape index (κ1) is 24.5. The van der Waals surface area contributed by atoms with Crippen LogP contribution in [0.15, 0.2) is 48.5 Å². The van der Waals surface area contributed by atoms with Gasteiger partial charge in [0.15, 0.2) is 6.29 Å². The van der Waals surface area contributed by atoms with Gasteiger partial charge in [-0.05, 0) is 30.2 Å². The number of aliphatic hydroxyl groups is 2. The number of benzene rings is 2. The number of hydrogen-bond donors (Lipinski definition) is 4. The Bertz CT molecular complexity index is 864. The van der Waals surface area contributed by atoms with Crippen molar-refractivity contribution >= 4 is 23.5 Å². The highest BCUT2D eigenvalue weighted by molar-refractivity contribution is 7.99. The molecule has 0 aliphatic carbocycles. The Kier molecular flexibility index (Phi) is 9.37. The molecule has 2 aromatic rings. The molecule has 1 aliphatic heterocycles. The Balaban J connectivity index is 1.83. The van der Waals surface area contributed by atoms with E-state index in [9.17, 15) is 9.90 Å². The number of amides is 2. The molecule has 2 aromatic carbocycles. The molecule has 3 rings (SSSR count). The van der Waals surface area contributed by atoms with Gasteiger partial charge < -0.3 is 30.3 Å². The third-order valence-electron chi connectivity index (χ3n) is 5.40. The fourth-order valence-electron chi connectivity index (χ4n) is 3.67. The fraction of sp³-hybridized carbons (Fsp3) is 0.458. The summed E-state index contributed by atoms with van der Waals surface area (Å²) in [5, 5.41) is 24.1. The molecule has 1 unspecified atom stereocenters. The number of hydrogen-bond acceptors (Lipinski definition) is 6. The maximum Gasteiger partial charge on any atom is 0.319 e. The highest BCUT2D eigenvalue weighted by Crippen LogP contribution is 2.42. The molecule has 0 saturated carbocycles. The number of rotatable bonds is 9. The maximum absolute atomic E-state index is 11.9. The van der Waals surface area contributed by atoms with Gasteiger partial charge in [0.2, 0.25) is 0 Å². The smallest absolute Gasteiger partial charge is 0.319 e. The van der Waals surface area contributed by atoms with Crippen LogP contribution in [0.25, 0.3) is 0 Å². The zero-order valence-electron chi connectivity index (χ0n) is 18.5. The van der Waals surface area contributed by atoms with E-state index in [1.165, 1.54) is 0 Å². The molecule has 0 aromatic heterocycles. The van der Waals surface area contributed by atoms with E-state index in [1.54, 1.807) is 11.8 Å². The van der Waals surface area contributed by atoms with Crippen molar-refractivity contribution in [3.05, 3.63) is 65.2 Å². The van der Waals surface area contributed by atoms with Crippen molar-refractivity contribution in [2.24, 2.45) is 5.92 Å². The van der Waals surface area contributed by atoms with Crippen LogP contribution in [0.5, 0.6) is 0 Å². The van der Waals surface area contributed by atoms with Crippen LogP contribution in [0, 0.1) is 5.92 Å². The van der Waals surface area contributed by atoms with Gasteiger partial charge in [-0.3, -0.25) is 0 Å². The van der Waals surface area contributed by atoms with Gasteiger partial charge in [0.05, 0.1) is 25.4 Å². The topological polar surface area (TPSA) is 100 Å². The standard InChI is InChI=1S/C24H32N2O5S/c1-3-25-24(29)26-20-6-4-5-19(13-20)23-30-21(15-32-12-11-27)16(2)22(31-23)18-9-7-17(14-28)8-10-18/h4-10,13,16,21-23,27-28H,3,11-12,14-15H2,1-2H3,(H2,25,26,29)/t16-,21+,22+,23?/m0/s1. The lowest BCUT2D eigenvalue weighted by atomic mass is 9.91. The van der Waals surface area contributed by atoms with Gasteiger partial charge >= 0.3 is 6.03 Å². The number of aliphatic hydroxyl groups excluding tert-OH is 2. The number of urea groups is 1. The molecule has 1 saturated heterocycles. The SMILES string of the molecule is CCNC(=O)Nc1cccc(C2O[C@H](CSCCO)[C@H](C)[C@H](c3ccc(CO)cc3)O2)c1. The van der Waals surface area contributed by atoms with Crippen LogP contribution >= 0.6 is 11.8 Å². The van der Waals surface area contributed by atoms with Gasteiger partial charge in [0, 0.05) is 35.2 Å². The monoisotopic (exact) mass is 460 g/mol. The molecular formula is C24H32N2O5S. The van der Waals surface area contributed by atoms with Gasteiger partial charge in [-0.2, -0.15) is 11.8 Å². The summed E-state index contributed by atoms with van der Waals surface area (Å²) in [6, 6.07) is 15.0. The first-order chi connectivity index (χ1) is 15.5. The quantitative estimate of drug-likeness (QED) is 0.425. The molecule has 1 heterocycles. The largest absolute Gasteiger partial charge is 0.396 e. The number of anilines is 1. The van der Waals surface area contributed by atoms with Crippen molar-refractivity contribution < 1.29 is 24.5 Å². The lowest BCUT2D eigenvalue weighted by molar-refractivity contribution is -0.268. The van der Waals surface area contributed by atoms with Gasteiger partial charge in [-0.1, -0.05) is 43.3 Å². The van der Waals surface area contributed by atoms with Crippen LogP contribution in [0.1, 0.15) is 42.9 Å². The Hall–Kier alpha value is -2.10. The molecule has 8 heteroatoms. The van der Waals surface area contributed by atoms with Gasteiger partial charge in [-0.25, -0.2) is 4.79 Å². The average molecular weight is 461 g/mol. The summed E-state index contributed by atoms with van der Waals surface area (Å²) < 4.78 is 12.8. The van der Waals surface area contributed by atoms with Crippen LogP contribution < -0.4 is 10.6 Å². The zero-order chi connectivity index (χ0) is 22.9. The minimum atomic E-state index is -0.593.